The first-order valence-electron chi connectivity index (χ1n) is 9.27. The fraction of sp³-hybridized carbons (Fsp3) is 0.476. The molecule has 1 aromatic carbocycles. The molecule has 27 heavy (non-hydrogen) atoms. The van der Waals surface area contributed by atoms with Crippen molar-refractivity contribution in [2.24, 2.45) is 11.8 Å². The molecule has 1 amide bonds. The summed E-state index contributed by atoms with van der Waals surface area (Å²) in [5.74, 6) is 0.615. The van der Waals surface area contributed by atoms with Gasteiger partial charge in [0.05, 0.1) is 18.9 Å². The molecule has 0 bridgehead atoms. The van der Waals surface area contributed by atoms with E-state index in [2.05, 4.69) is 32.8 Å². The Morgan fingerprint density at radius 2 is 1.67 bits per heavy atom. The molecule has 6 nitrogen and oxygen atoms in total. The molecular weight excluding hydrogens is 342 g/mol. The van der Waals surface area contributed by atoms with Gasteiger partial charge in [0.1, 0.15) is 0 Å². The van der Waals surface area contributed by atoms with Gasteiger partial charge < -0.3 is 9.64 Å². The molecule has 0 atom stereocenters. The summed E-state index contributed by atoms with van der Waals surface area (Å²) in [6, 6.07) is 8.75. The average Bonchev–Trinajstić information content (AvgIpc) is 2.60. The van der Waals surface area contributed by atoms with Crippen LogP contribution in [-0.2, 0) is 0 Å². The fourth-order valence-electron chi connectivity index (χ4n) is 2.89. The zero-order chi connectivity index (χ0) is 20.1. The Kier molecular flexibility index (Phi) is 6.77. The molecule has 2 rings (SSSR count). The van der Waals surface area contributed by atoms with Crippen molar-refractivity contribution in [1.29, 1.82) is 0 Å². The van der Waals surface area contributed by atoms with Crippen LogP contribution in [0.15, 0.2) is 35.1 Å². The molecule has 0 fully saturated rings. The second-order valence-electron chi connectivity index (χ2n) is 7.64. The van der Waals surface area contributed by atoms with E-state index in [1.54, 1.807) is 4.90 Å². The van der Waals surface area contributed by atoms with Gasteiger partial charge in [-0.1, -0.05) is 45.4 Å². The highest BCUT2D eigenvalue weighted by Gasteiger charge is 2.24. The Bertz CT molecular complexity index is 829. The van der Waals surface area contributed by atoms with Crippen molar-refractivity contribution < 1.29 is 9.53 Å². The van der Waals surface area contributed by atoms with Crippen molar-refractivity contribution in [2.45, 2.75) is 34.6 Å². The molecular formula is C21H29N3O3. The number of rotatable bonds is 7. The number of aryl methyl sites for hydroxylation is 1. The van der Waals surface area contributed by atoms with E-state index in [9.17, 15) is 9.59 Å². The second-order valence-corrected chi connectivity index (χ2v) is 7.64. The number of methoxy groups -OCH3 is 1. The van der Waals surface area contributed by atoms with Gasteiger partial charge in [0, 0.05) is 13.1 Å². The van der Waals surface area contributed by atoms with Crippen LogP contribution in [0.25, 0.3) is 5.69 Å². The van der Waals surface area contributed by atoms with Gasteiger partial charge in [0.25, 0.3) is 11.5 Å². The van der Waals surface area contributed by atoms with E-state index in [1.807, 2.05) is 31.2 Å². The summed E-state index contributed by atoms with van der Waals surface area (Å²) in [4.78, 5) is 27.5. The van der Waals surface area contributed by atoms with Gasteiger partial charge in [0.15, 0.2) is 11.4 Å². The van der Waals surface area contributed by atoms with Crippen molar-refractivity contribution in [2.75, 3.05) is 20.2 Å². The lowest BCUT2D eigenvalue weighted by molar-refractivity contribution is 0.0703. The molecule has 0 N–H and O–H groups in total. The minimum Gasteiger partial charge on any atom is -0.494 e. The van der Waals surface area contributed by atoms with Crippen molar-refractivity contribution >= 4 is 5.91 Å². The largest absolute Gasteiger partial charge is 0.494 e. The van der Waals surface area contributed by atoms with Crippen molar-refractivity contribution in [1.82, 2.24) is 14.7 Å². The predicted molar refractivity (Wildman–Crippen MR) is 107 cm³/mol. The second kappa shape index (κ2) is 8.84. The number of hydrogen-bond donors (Lipinski definition) is 0. The highest BCUT2D eigenvalue weighted by atomic mass is 16.5. The van der Waals surface area contributed by atoms with Gasteiger partial charge in [-0.3, -0.25) is 9.59 Å². The maximum atomic E-state index is 13.2. The predicted octanol–water partition coefficient (Wildman–Crippen LogP) is 3.30. The first kappa shape index (κ1) is 20.7. The first-order chi connectivity index (χ1) is 12.7. The van der Waals surface area contributed by atoms with E-state index in [1.165, 1.54) is 17.9 Å². The molecule has 1 aromatic heterocycles. The summed E-state index contributed by atoms with van der Waals surface area (Å²) in [7, 11) is 1.44. The third-order valence-electron chi connectivity index (χ3n) is 4.06. The van der Waals surface area contributed by atoms with Crippen LogP contribution in [0, 0.1) is 18.8 Å². The van der Waals surface area contributed by atoms with E-state index in [0.717, 1.165) is 5.56 Å². The Morgan fingerprint density at radius 1 is 1.11 bits per heavy atom. The standard InChI is InChI=1S/C21H29N3O3/c1-14(2)12-23(13-15(3)4)21(26)20-18(27-6)11-19(25)24(22-20)17-9-7-16(5)8-10-17/h7-11,14-15H,12-13H2,1-6H3. The monoisotopic (exact) mass is 371 g/mol. The van der Waals surface area contributed by atoms with E-state index >= 15 is 0 Å². The van der Waals surface area contributed by atoms with Crippen LogP contribution >= 0.6 is 0 Å². The third-order valence-corrected chi connectivity index (χ3v) is 4.06. The summed E-state index contributed by atoms with van der Waals surface area (Å²) >= 11 is 0. The number of carbonyl (C=O) groups is 1. The van der Waals surface area contributed by atoms with Crippen LogP contribution in [0.2, 0.25) is 0 Å². The van der Waals surface area contributed by atoms with Gasteiger partial charge in [-0.2, -0.15) is 9.78 Å². The number of nitrogens with zero attached hydrogens (tertiary/aromatic N) is 3. The maximum absolute atomic E-state index is 13.2. The highest BCUT2D eigenvalue weighted by molar-refractivity contribution is 5.94. The number of aromatic nitrogens is 2. The van der Waals surface area contributed by atoms with Crippen LogP contribution in [0.4, 0.5) is 0 Å². The quantitative estimate of drug-likeness (QED) is 0.749. The van der Waals surface area contributed by atoms with Gasteiger partial charge in [-0.15, -0.1) is 0 Å². The minimum absolute atomic E-state index is 0.152. The summed E-state index contributed by atoms with van der Waals surface area (Å²) in [6.45, 7) is 11.5. The first-order valence-corrected chi connectivity index (χ1v) is 9.27. The molecule has 0 aliphatic carbocycles. The number of ether oxygens (including phenoxy) is 1. The SMILES string of the molecule is COc1cc(=O)n(-c2ccc(C)cc2)nc1C(=O)N(CC(C)C)CC(C)C. The lowest BCUT2D eigenvalue weighted by Crippen LogP contribution is -2.38. The van der Waals surface area contributed by atoms with E-state index in [0.29, 0.717) is 30.6 Å². The zero-order valence-corrected chi connectivity index (χ0v) is 17.0. The van der Waals surface area contributed by atoms with Crippen LogP contribution in [-0.4, -0.2) is 40.8 Å². The van der Waals surface area contributed by atoms with Gasteiger partial charge >= 0.3 is 0 Å². The third kappa shape index (κ3) is 5.18. The van der Waals surface area contributed by atoms with Gasteiger partial charge in [-0.25, -0.2) is 0 Å². The molecule has 0 unspecified atom stereocenters. The number of benzene rings is 1. The molecule has 0 saturated carbocycles. The Hall–Kier alpha value is -2.63. The summed E-state index contributed by atoms with van der Waals surface area (Å²) in [6.07, 6.45) is 0. The molecule has 1 heterocycles. The van der Waals surface area contributed by atoms with E-state index in [4.69, 9.17) is 4.74 Å². The normalized spacial score (nSPS) is 11.1. The molecule has 146 valence electrons. The van der Waals surface area contributed by atoms with Crippen molar-refractivity contribution in [3.8, 4) is 11.4 Å². The maximum Gasteiger partial charge on any atom is 0.278 e. The van der Waals surface area contributed by atoms with Gasteiger partial charge in [-0.05, 0) is 30.9 Å². The zero-order valence-electron chi connectivity index (χ0n) is 17.0. The number of carbonyl (C=O) groups excluding carboxylic acids is 1. The summed E-state index contributed by atoms with van der Waals surface area (Å²) in [5, 5.41) is 4.37. The topological polar surface area (TPSA) is 64.4 Å². The Balaban J connectivity index is 2.52. The summed E-state index contributed by atoms with van der Waals surface area (Å²) < 4.78 is 6.54. The van der Waals surface area contributed by atoms with Crippen LogP contribution in [0.3, 0.4) is 0 Å². The fourth-order valence-corrected chi connectivity index (χ4v) is 2.89. The minimum atomic E-state index is -0.341. The smallest absolute Gasteiger partial charge is 0.278 e. The van der Waals surface area contributed by atoms with Crippen LogP contribution in [0.5, 0.6) is 5.75 Å². The highest BCUT2D eigenvalue weighted by Crippen LogP contribution is 2.18. The molecule has 0 spiro atoms. The molecule has 0 saturated heterocycles. The van der Waals surface area contributed by atoms with Crippen molar-refractivity contribution in [3.63, 3.8) is 0 Å². The molecule has 6 heteroatoms. The van der Waals surface area contributed by atoms with Crippen LogP contribution < -0.4 is 10.3 Å². The molecule has 0 aliphatic heterocycles. The summed E-state index contributed by atoms with van der Waals surface area (Å²) in [5.41, 5.74) is 1.50. The molecule has 0 radical (unpaired) electrons. The van der Waals surface area contributed by atoms with Crippen molar-refractivity contribution in [3.05, 3.63) is 51.9 Å². The van der Waals surface area contributed by atoms with E-state index in [-0.39, 0.29) is 22.9 Å². The van der Waals surface area contributed by atoms with E-state index < -0.39 is 0 Å². The number of hydrogen-bond acceptors (Lipinski definition) is 4. The Labute approximate surface area is 160 Å². The van der Waals surface area contributed by atoms with Crippen LogP contribution in [0.1, 0.15) is 43.7 Å². The Morgan fingerprint density at radius 3 is 2.15 bits per heavy atom. The van der Waals surface area contributed by atoms with Gasteiger partial charge in [0.2, 0.25) is 0 Å². The number of amides is 1. The molecule has 2 aromatic rings. The lowest BCUT2D eigenvalue weighted by atomic mass is 10.1. The lowest BCUT2D eigenvalue weighted by Gasteiger charge is -2.26. The molecule has 0 aliphatic rings. The average molecular weight is 371 g/mol.